The Hall–Kier alpha value is -3.74. The fraction of sp³-hybridized carbons (Fsp3) is 0. The molecule has 128 valence electrons. The van der Waals surface area contributed by atoms with Crippen molar-refractivity contribution in [2.24, 2.45) is 5.73 Å². The standard InChI is InChI=1S/C19H14FN5O/c20-14-3-1-2-13(10-14)15-16(11-4-6-12(7-5-11)18(22)26)25-9-8-23-19(25)17(21)24-15/h1-10H,(H2,21,24)(H2,22,26). The van der Waals surface area contributed by atoms with Crippen LogP contribution in [-0.4, -0.2) is 20.3 Å². The van der Waals surface area contributed by atoms with Crippen molar-refractivity contribution in [3.8, 4) is 22.5 Å². The Bertz CT molecular complexity index is 1130. The van der Waals surface area contributed by atoms with Gasteiger partial charge in [-0.2, -0.15) is 0 Å². The second kappa shape index (κ2) is 5.96. The molecule has 7 heteroatoms. The van der Waals surface area contributed by atoms with Crippen molar-refractivity contribution in [3.05, 3.63) is 72.3 Å². The second-order valence-electron chi connectivity index (χ2n) is 5.77. The van der Waals surface area contributed by atoms with Crippen molar-refractivity contribution in [1.29, 1.82) is 0 Å². The normalized spacial score (nSPS) is 11.0. The van der Waals surface area contributed by atoms with E-state index in [-0.39, 0.29) is 11.6 Å². The summed E-state index contributed by atoms with van der Waals surface area (Å²) in [5, 5.41) is 0. The monoisotopic (exact) mass is 347 g/mol. The van der Waals surface area contributed by atoms with Gasteiger partial charge in [-0.1, -0.05) is 24.3 Å². The summed E-state index contributed by atoms with van der Waals surface area (Å²) in [6.07, 6.45) is 3.37. The molecule has 0 aliphatic rings. The van der Waals surface area contributed by atoms with Gasteiger partial charge in [0.25, 0.3) is 0 Å². The highest BCUT2D eigenvalue weighted by Gasteiger charge is 2.17. The average molecular weight is 347 g/mol. The van der Waals surface area contributed by atoms with Crippen LogP contribution in [0.4, 0.5) is 10.2 Å². The number of nitrogens with two attached hydrogens (primary N) is 2. The maximum atomic E-state index is 13.8. The predicted molar refractivity (Wildman–Crippen MR) is 96.7 cm³/mol. The molecule has 0 radical (unpaired) electrons. The summed E-state index contributed by atoms with van der Waals surface area (Å²) in [4.78, 5) is 20.0. The highest BCUT2D eigenvalue weighted by molar-refractivity contribution is 5.93. The first-order chi connectivity index (χ1) is 12.5. The van der Waals surface area contributed by atoms with Crippen molar-refractivity contribution in [2.45, 2.75) is 0 Å². The molecule has 4 aromatic rings. The minimum atomic E-state index is -0.509. The molecule has 0 unspecified atom stereocenters. The molecule has 0 aliphatic heterocycles. The Morgan fingerprint density at radius 3 is 2.54 bits per heavy atom. The van der Waals surface area contributed by atoms with Crippen molar-refractivity contribution < 1.29 is 9.18 Å². The Kier molecular flexibility index (Phi) is 3.62. The van der Waals surface area contributed by atoms with Gasteiger partial charge in [0.2, 0.25) is 5.91 Å². The van der Waals surface area contributed by atoms with Crippen LogP contribution in [0.5, 0.6) is 0 Å². The van der Waals surface area contributed by atoms with Gasteiger partial charge in [-0.15, -0.1) is 0 Å². The molecule has 2 aromatic heterocycles. The lowest BCUT2D eigenvalue weighted by molar-refractivity contribution is 0.100. The number of imidazole rings is 1. The molecule has 2 aromatic carbocycles. The van der Waals surface area contributed by atoms with Gasteiger partial charge in [0, 0.05) is 29.1 Å². The van der Waals surface area contributed by atoms with E-state index >= 15 is 0 Å². The molecule has 1 amide bonds. The summed E-state index contributed by atoms with van der Waals surface area (Å²) in [5.41, 5.74) is 14.8. The van der Waals surface area contributed by atoms with Crippen LogP contribution in [-0.2, 0) is 0 Å². The minimum absolute atomic E-state index is 0.242. The van der Waals surface area contributed by atoms with E-state index in [4.69, 9.17) is 11.5 Å². The Labute approximate surface area is 147 Å². The van der Waals surface area contributed by atoms with Crippen LogP contribution >= 0.6 is 0 Å². The van der Waals surface area contributed by atoms with Crippen LogP contribution in [0.2, 0.25) is 0 Å². The second-order valence-corrected chi connectivity index (χ2v) is 5.77. The van der Waals surface area contributed by atoms with E-state index in [0.29, 0.717) is 28.2 Å². The number of benzene rings is 2. The van der Waals surface area contributed by atoms with Gasteiger partial charge in [-0.25, -0.2) is 14.4 Å². The number of nitrogen functional groups attached to an aromatic ring is 1. The number of hydrogen-bond acceptors (Lipinski definition) is 4. The van der Waals surface area contributed by atoms with E-state index in [1.165, 1.54) is 12.1 Å². The number of rotatable bonds is 3. The molecule has 0 spiro atoms. The Morgan fingerprint density at radius 2 is 1.85 bits per heavy atom. The topological polar surface area (TPSA) is 99.3 Å². The number of fused-ring (bicyclic) bond motifs is 1. The van der Waals surface area contributed by atoms with Crippen LogP contribution in [0, 0.1) is 5.82 Å². The number of primary amides is 1. The summed E-state index contributed by atoms with van der Waals surface area (Å²) in [6.45, 7) is 0. The van der Waals surface area contributed by atoms with Gasteiger partial charge in [-0.05, 0) is 24.3 Å². The third-order valence-electron chi connectivity index (χ3n) is 4.11. The highest BCUT2D eigenvalue weighted by atomic mass is 19.1. The third kappa shape index (κ3) is 2.55. The number of carbonyl (C=O) groups is 1. The third-order valence-corrected chi connectivity index (χ3v) is 4.11. The van der Waals surface area contributed by atoms with Crippen LogP contribution in [0.25, 0.3) is 28.2 Å². The number of anilines is 1. The fourth-order valence-corrected chi connectivity index (χ4v) is 2.92. The Morgan fingerprint density at radius 1 is 1.08 bits per heavy atom. The van der Waals surface area contributed by atoms with E-state index < -0.39 is 5.91 Å². The van der Waals surface area contributed by atoms with Gasteiger partial charge in [0.05, 0.1) is 11.4 Å². The first kappa shape index (κ1) is 15.8. The van der Waals surface area contributed by atoms with Gasteiger partial charge in [0.1, 0.15) is 5.82 Å². The maximum absolute atomic E-state index is 13.8. The lowest BCUT2D eigenvalue weighted by atomic mass is 10.0. The number of amides is 1. The maximum Gasteiger partial charge on any atom is 0.248 e. The van der Waals surface area contributed by atoms with E-state index in [2.05, 4.69) is 9.97 Å². The summed E-state index contributed by atoms with van der Waals surface area (Å²) >= 11 is 0. The van der Waals surface area contributed by atoms with Gasteiger partial charge >= 0.3 is 0 Å². The molecule has 0 bridgehead atoms. The number of carbonyl (C=O) groups excluding carboxylic acids is 1. The molecule has 0 aliphatic carbocycles. The molecule has 0 saturated carbocycles. The molecule has 2 heterocycles. The lowest BCUT2D eigenvalue weighted by Crippen LogP contribution is -2.10. The summed E-state index contributed by atoms with van der Waals surface area (Å²) < 4.78 is 15.5. The molecule has 0 fully saturated rings. The van der Waals surface area contributed by atoms with Crippen molar-refractivity contribution in [1.82, 2.24) is 14.4 Å². The zero-order valence-corrected chi connectivity index (χ0v) is 13.6. The predicted octanol–water partition coefficient (Wildman–Crippen LogP) is 2.88. The molecular formula is C19H14FN5O. The number of halogens is 1. The smallest absolute Gasteiger partial charge is 0.248 e. The fourth-order valence-electron chi connectivity index (χ4n) is 2.92. The van der Waals surface area contributed by atoms with Crippen molar-refractivity contribution >= 4 is 17.4 Å². The first-order valence-electron chi connectivity index (χ1n) is 7.83. The average Bonchev–Trinajstić information content (AvgIpc) is 3.12. The largest absolute Gasteiger partial charge is 0.381 e. The summed E-state index contributed by atoms with van der Waals surface area (Å²) in [7, 11) is 0. The highest BCUT2D eigenvalue weighted by Crippen LogP contribution is 2.33. The van der Waals surface area contributed by atoms with E-state index in [1.807, 2.05) is 0 Å². The van der Waals surface area contributed by atoms with Crippen molar-refractivity contribution in [3.63, 3.8) is 0 Å². The van der Waals surface area contributed by atoms with Crippen LogP contribution < -0.4 is 11.5 Å². The number of nitrogens with zero attached hydrogens (tertiary/aromatic N) is 3. The molecule has 26 heavy (non-hydrogen) atoms. The number of aromatic nitrogens is 3. The number of hydrogen-bond donors (Lipinski definition) is 2. The molecular weight excluding hydrogens is 333 g/mol. The van der Waals surface area contributed by atoms with E-state index in [0.717, 1.165) is 5.56 Å². The SMILES string of the molecule is NC(=O)c1ccc(-c2c(-c3cccc(F)c3)nc(N)c3nccn23)cc1. The minimum Gasteiger partial charge on any atom is -0.381 e. The van der Waals surface area contributed by atoms with Gasteiger partial charge in [-0.3, -0.25) is 9.20 Å². The van der Waals surface area contributed by atoms with Crippen LogP contribution in [0.3, 0.4) is 0 Å². The first-order valence-corrected chi connectivity index (χ1v) is 7.83. The van der Waals surface area contributed by atoms with Crippen LogP contribution in [0.15, 0.2) is 60.9 Å². The molecule has 4 rings (SSSR count). The zero-order chi connectivity index (χ0) is 18.3. The summed E-state index contributed by atoms with van der Waals surface area (Å²) in [5.74, 6) is -0.638. The van der Waals surface area contributed by atoms with Gasteiger partial charge in [0.15, 0.2) is 11.5 Å². The van der Waals surface area contributed by atoms with E-state index in [9.17, 15) is 9.18 Å². The molecule has 4 N–H and O–H groups in total. The zero-order valence-electron chi connectivity index (χ0n) is 13.6. The quantitative estimate of drug-likeness (QED) is 0.595. The van der Waals surface area contributed by atoms with E-state index in [1.54, 1.807) is 53.2 Å². The lowest BCUT2D eigenvalue weighted by Gasteiger charge is -2.14. The van der Waals surface area contributed by atoms with Crippen molar-refractivity contribution in [2.75, 3.05) is 5.73 Å². The molecule has 0 atom stereocenters. The van der Waals surface area contributed by atoms with Gasteiger partial charge < -0.3 is 11.5 Å². The molecule has 6 nitrogen and oxygen atoms in total. The van der Waals surface area contributed by atoms with Crippen LogP contribution in [0.1, 0.15) is 10.4 Å². The summed E-state index contributed by atoms with van der Waals surface area (Å²) in [6, 6.07) is 12.9. The molecule has 0 saturated heterocycles. The Balaban J connectivity index is 2.03.